The minimum atomic E-state index is -0.0797. The molecule has 2 N–H and O–H groups in total. The van der Waals surface area contributed by atoms with Crippen molar-refractivity contribution in [1.82, 2.24) is 10.2 Å². The van der Waals surface area contributed by atoms with Gasteiger partial charge in [-0.05, 0) is 44.4 Å². The molecule has 1 saturated carbocycles. The largest absolute Gasteiger partial charge is 0.334 e. The number of urea groups is 1. The molecule has 1 saturated heterocycles. The van der Waals surface area contributed by atoms with Crippen LogP contribution in [0.4, 0.5) is 10.5 Å². The number of likely N-dealkylation sites (tertiary alicyclic amines) is 1. The fraction of sp³-hybridized carbons (Fsp3) is 0.632. The van der Waals surface area contributed by atoms with Crippen molar-refractivity contribution >= 4 is 11.7 Å². The first-order chi connectivity index (χ1) is 11.3. The SMILES string of the molecule is O=C(Nc1ccccc1)N[C@@H]1CCCN(C2CCCCCC2)C1. The van der Waals surface area contributed by atoms with E-state index < -0.39 is 0 Å². The maximum atomic E-state index is 12.2. The van der Waals surface area contributed by atoms with Gasteiger partial charge in [0, 0.05) is 24.3 Å². The first-order valence-corrected chi connectivity index (χ1v) is 9.18. The quantitative estimate of drug-likeness (QED) is 0.828. The van der Waals surface area contributed by atoms with Gasteiger partial charge in [0.2, 0.25) is 0 Å². The molecule has 1 atom stereocenters. The highest BCUT2D eigenvalue weighted by atomic mass is 16.2. The molecule has 0 unspecified atom stereocenters. The van der Waals surface area contributed by atoms with E-state index in [1.807, 2.05) is 30.3 Å². The molecular formula is C19H29N3O. The van der Waals surface area contributed by atoms with Gasteiger partial charge >= 0.3 is 6.03 Å². The summed E-state index contributed by atoms with van der Waals surface area (Å²) in [5.41, 5.74) is 0.849. The molecule has 1 aliphatic heterocycles. The number of amides is 2. The Labute approximate surface area is 139 Å². The predicted molar refractivity (Wildman–Crippen MR) is 94.7 cm³/mol. The molecule has 2 amide bonds. The second kappa shape index (κ2) is 8.34. The van der Waals surface area contributed by atoms with Crippen LogP contribution in [0.5, 0.6) is 0 Å². The van der Waals surface area contributed by atoms with Crippen LogP contribution in [-0.4, -0.2) is 36.1 Å². The van der Waals surface area contributed by atoms with Crippen molar-refractivity contribution in [3.63, 3.8) is 0 Å². The van der Waals surface area contributed by atoms with E-state index in [-0.39, 0.29) is 12.1 Å². The maximum Gasteiger partial charge on any atom is 0.319 e. The Bertz CT molecular complexity index is 483. The Hall–Kier alpha value is -1.55. The van der Waals surface area contributed by atoms with E-state index in [1.54, 1.807) is 0 Å². The first-order valence-electron chi connectivity index (χ1n) is 9.18. The summed E-state index contributed by atoms with van der Waals surface area (Å²) in [5, 5.41) is 6.09. The number of nitrogens with zero attached hydrogens (tertiary/aromatic N) is 1. The lowest BCUT2D eigenvalue weighted by atomic mass is 10.00. The van der Waals surface area contributed by atoms with Crippen molar-refractivity contribution in [3.8, 4) is 0 Å². The normalized spacial score (nSPS) is 23.9. The van der Waals surface area contributed by atoms with Crippen molar-refractivity contribution in [2.75, 3.05) is 18.4 Å². The number of carbonyl (C=O) groups is 1. The van der Waals surface area contributed by atoms with E-state index in [0.717, 1.165) is 24.7 Å². The molecule has 0 radical (unpaired) electrons. The summed E-state index contributed by atoms with van der Waals surface area (Å²) in [7, 11) is 0. The topological polar surface area (TPSA) is 44.4 Å². The van der Waals surface area contributed by atoms with Crippen LogP contribution in [0.15, 0.2) is 30.3 Å². The number of hydrogen-bond acceptors (Lipinski definition) is 2. The summed E-state index contributed by atoms with van der Waals surface area (Å²) in [4.78, 5) is 14.8. The zero-order valence-corrected chi connectivity index (χ0v) is 14.0. The van der Waals surface area contributed by atoms with Crippen molar-refractivity contribution in [1.29, 1.82) is 0 Å². The molecule has 1 aromatic rings. The Morgan fingerprint density at radius 3 is 2.43 bits per heavy atom. The van der Waals surface area contributed by atoms with Gasteiger partial charge in [-0.25, -0.2) is 4.79 Å². The van der Waals surface area contributed by atoms with Gasteiger partial charge in [-0.3, -0.25) is 4.90 Å². The van der Waals surface area contributed by atoms with Crippen molar-refractivity contribution in [3.05, 3.63) is 30.3 Å². The number of para-hydroxylation sites is 1. The van der Waals surface area contributed by atoms with E-state index in [2.05, 4.69) is 15.5 Å². The van der Waals surface area contributed by atoms with Gasteiger partial charge in [0.1, 0.15) is 0 Å². The number of nitrogens with one attached hydrogen (secondary N) is 2. The third kappa shape index (κ3) is 4.96. The smallest absolute Gasteiger partial charge is 0.319 e. The van der Waals surface area contributed by atoms with Gasteiger partial charge in [-0.2, -0.15) is 0 Å². The lowest BCUT2D eigenvalue weighted by Gasteiger charge is -2.38. The van der Waals surface area contributed by atoms with E-state index in [1.165, 1.54) is 51.5 Å². The van der Waals surface area contributed by atoms with E-state index in [9.17, 15) is 4.79 Å². The third-order valence-corrected chi connectivity index (χ3v) is 5.16. The second-order valence-electron chi connectivity index (χ2n) is 6.94. The van der Waals surface area contributed by atoms with E-state index >= 15 is 0 Å². The number of piperidine rings is 1. The van der Waals surface area contributed by atoms with Gasteiger partial charge in [0.25, 0.3) is 0 Å². The molecule has 4 heteroatoms. The Morgan fingerprint density at radius 1 is 0.957 bits per heavy atom. The Kier molecular flexibility index (Phi) is 5.92. The van der Waals surface area contributed by atoms with Crippen LogP contribution in [0.2, 0.25) is 0 Å². The third-order valence-electron chi connectivity index (χ3n) is 5.16. The van der Waals surface area contributed by atoms with Gasteiger partial charge < -0.3 is 10.6 Å². The zero-order valence-electron chi connectivity index (χ0n) is 14.0. The molecule has 3 rings (SSSR count). The van der Waals surface area contributed by atoms with Crippen LogP contribution >= 0.6 is 0 Å². The summed E-state index contributed by atoms with van der Waals surface area (Å²) in [6.07, 6.45) is 10.5. The minimum absolute atomic E-state index is 0.0797. The molecule has 0 aromatic heterocycles. The average Bonchev–Trinajstić information content (AvgIpc) is 2.85. The van der Waals surface area contributed by atoms with Crippen LogP contribution in [-0.2, 0) is 0 Å². The zero-order chi connectivity index (χ0) is 15.9. The summed E-state index contributed by atoms with van der Waals surface area (Å²) in [6, 6.07) is 10.6. The van der Waals surface area contributed by atoms with E-state index in [4.69, 9.17) is 0 Å². The molecule has 126 valence electrons. The number of hydrogen-bond donors (Lipinski definition) is 2. The average molecular weight is 315 g/mol. The molecule has 2 fully saturated rings. The molecule has 0 spiro atoms. The highest BCUT2D eigenvalue weighted by molar-refractivity contribution is 5.89. The van der Waals surface area contributed by atoms with Crippen molar-refractivity contribution < 1.29 is 4.79 Å². The van der Waals surface area contributed by atoms with Gasteiger partial charge in [0.15, 0.2) is 0 Å². The maximum absolute atomic E-state index is 12.2. The van der Waals surface area contributed by atoms with Gasteiger partial charge in [0.05, 0.1) is 0 Å². The van der Waals surface area contributed by atoms with Crippen LogP contribution < -0.4 is 10.6 Å². The lowest BCUT2D eigenvalue weighted by molar-refractivity contribution is 0.128. The first kappa shape index (κ1) is 16.3. The number of anilines is 1. The highest BCUT2D eigenvalue weighted by Gasteiger charge is 2.27. The van der Waals surface area contributed by atoms with Crippen LogP contribution in [0, 0.1) is 0 Å². The van der Waals surface area contributed by atoms with Gasteiger partial charge in [-0.1, -0.05) is 43.9 Å². The molecular weight excluding hydrogens is 286 g/mol. The Balaban J connectivity index is 1.49. The van der Waals surface area contributed by atoms with Crippen molar-refractivity contribution in [2.24, 2.45) is 0 Å². The molecule has 1 aromatic carbocycles. The fourth-order valence-corrected chi connectivity index (χ4v) is 3.95. The summed E-state index contributed by atoms with van der Waals surface area (Å²) >= 11 is 0. The van der Waals surface area contributed by atoms with Crippen LogP contribution in [0.25, 0.3) is 0 Å². The minimum Gasteiger partial charge on any atom is -0.334 e. The van der Waals surface area contributed by atoms with Crippen LogP contribution in [0.3, 0.4) is 0 Å². The number of carbonyl (C=O) groups excluding carboxylic acids is 1. The summed E-state index contributed by atoms with van der Waals surface area (Å²) < 4.78 is 0. The Morgan fingerprint density at radius 2 is 1.70 bits per heavy atom. The van der Waals surface area contributed by atoms with E-state index in [0.29, 0.717) is 0 Å². The predicted octanol–water partition coefficient (Wildman–Crippen LogP) is 4.00. The van der Waals surface area contributed by atoms with Gasteiger partial charge in [-0.15, -0.1) is 0 Å². The fourth-order valence-electron chi connectivity index (χ4n) is 3.95. The summed E-state index contributed by atoms with van der Waals surface area (Å²) in [6.45, 7) is 2.20. The van der Waals surface area contributed by atoms with Crippen molar-refractivity contribution in [2.45, 2.75) is 63.5 Å². The number of benzene rings is 1. The second-order valence-corrected chi connectivity index (χ2v) is 6.94. The molecule has 1 heterocycles. The summed E-state index contributed by atoms with van der Waals surface area (Å²) in [5.74, 6) is 0. The monoisotopic (exact) mass is 315 g/mol. The molecule has 0 bridgehead atoms. The number of rotatable bonds is 3. The highest BCUT2D eigenvalue weighted by Crippen LogP contribution is 2.24. The molecule has 2 aliphatic rings. The lowest BCUT2D eigenvalue weighted by Crippen LogP contribution is -2.51. The standard InChI is InChI=1S/C19H29N3O/c23-19(20-16-9-4-3-5-10-16)21-17-11-8-14-22(15-17)18-12-6-1-2-7-13-18/h3-5,9-10,17-18H,1-2,6-8,11-15H2,(H2,20,21,23)/t17-/m1/s1. The van der Waals surface area contributed by atoms with Crippen LogP contribution in [0.1, 0.15) is 51.4 Å². The molecule has 1 aliphatic carbocycles. The molecule has 23 heavy (non-hydrogen) atoms. The molecule has 4 nitrogen and oxygen atoms in total.